The first-order valence-corrected chi connectivity index (χ1v) is 11.9. The third-order valence-electron chi connectivity index (χ3n) is 6.68. The van der Waals surface area contributed by atoms with Gasteiger partial charge in [0.1, 0.15) is 5.82 Å². The van der Waals surface area contributed by atoms with Crippen LogP contribution in [0.15, 0.2) is 79.0 Å². The van der Waals surface area contributed by atoms with Gasteiger partial charge in [-0.1, -0.05) is 62.4 Å². The number of hydrogen-bond acceptors (Lipinski definition) is 4. The van der Waals surface area contributed by atoms with E-state index < -0.39 is 0 Å². The lowest BCUT2D eigenvalue weighted by molar-refractivity contribution is -0.115. The summed E-state index contributed by atoms with van der Waals surface area (Å²) in [6, 6.07) is 23.9. The number of fused-ring (bicyclic) bond motifs is 1. The van der Waals surface area contributed by atoms with Crippen LogP contribution in [-0.4, -0.2) is 29.0 Å². The van der Waals surface area contributed by atoms with Gasteiger partial charge in [0.2, 0.25) is 5.91 Å². The molecule has 5 heteroatoms. The van der Waals surface area contributed by atoms with Crippen LogP contribution in [0, 0.1) is 5.41 Å². The van der Waals surface area contributed by atoms with E-state index in [0.717, 1.165) is 52.3 Å². The SMILES string of the molecule is CC1(C)CCN(c2cnc3ccc(-c4ccc(NC(=O)Cc5ccccc5)cc4)cc3n2)CC1. The minimum Gasteiger partial charge on any atom is -0.355 e. The lowest BCUT2D eigenvalue weighted by atomic mass is 9.83. The Labute approximate surface area is 200 Å². The second-order valence-electron chi connectivity index (χ2n) is 9.87. The number of hydrogen-bond donors (Lipinski definition) is 1. The van der Waals surface area contributed by atoms with Crippen LogP contribution in [0.4, 0.5) is 11.5 Å². The Morgan fingerprint density at radius 1 is 0.912 bits per heavy atom. The molecular formula is C29H30N4O. The average molecular weight is 451 g/mol. The molecule has 1 fully saturated rings. The van der Waals surface area contributed by atoms with Gasteiger partial charge in [0.05, 0.1) is 23.7 Å². The van der Waals surface area contributed by atoms with Crippen LogP contribution < -0.4 is 10.2 Å². The summed E-state index contributed by atoms with van der Waals surface area (Å²) in [7, 11) is 0. The molecule has 0 aliphatic carbocycles. The fourth-order valence-corrected chi connectivity index (χ4v) is 4.41. The van der Waals surface area contributed by atoms with Crippen LogP contribution in [0.5, 0.6) is 0 Å². The van der Waals surface area contributed by atoms with Gasteiger partial charge < -0.3 is 10.2 Å². The van der Waals surface area contributed by atoms with Gasteiger partial charge >= 0.3 is 0 Å². The van der Waals surface area contributed by atoms with Gasteiger partial charge in [-0.25, -0.2) is 4.98 Å². The highest BCUT2D eigenvalue weighted by atomic mass is 16.1. The molecule has 1 aliphatic heterocycles. The zero-order valence-corrected chi connectivity index (χ0v) is 19.8. The van der Waals surface area contributed by atoms with Gasteiger partial charge in [0, 0.05) is 18.8 Å². The molecule has 1 aromatic heterocycles. The predicted molar refractivity (Wildman–Crippen MR) is 139 cm³/mol. The molecule has 0 spiro atoms. The molecular weight excluding hydrogens is 420 g/mol. The van der Waals surface area contributed by atoms with Crippen molar-refractivity contribution in [2.24, 2.45) is 5.41 Å². The van der Waals surface area contributed by atoms with Crippen molar-refractivity contribution >= 4 is 28.4 Å². The standard InChI is InChI=1S/C29H30N4O/c1-29(2)14-16-33(17-15-29)27-20-30-25-13-10-23(19-26(25)32-27)22-8-11-24(12-9-22)31-28(34)18-21-6-4-3-5-7-21/h3-13,19-20H,14-18H2,1-2H3,(H,31,34). The third-order valence-corrected chi connectivity index (χ3v) is 6.68. The molecule has 0 saturated carbocycles. The Morgan fingerprint density at radius 2 is 1.62 bits per heavy atom. The van der Waals surface area contributed by atoms with Crippen LogP contribution in [-0.2, 0) is 11.2 Å². The number of rotatable bonds is 5. The number of piperidine rings is 1. The van der Waals surface area contributed by atoms with Gasteiger partial charge in [-0.15, -0.1) is 0 Å². The molecule has 172 valence electrons. The highest BCUT2D eigenvalue weighted by Gasteiger charge is 2.26. The molecule has 1 saturated heterocycles. The van der Waals surface area contributed by atoms with Crippen molar-refractivity contribution in [2.75, 3.05) is 23.3 Å². The van der Waals surface area contributed by atoms with Crippen LogP contribution >= 0.6 is 0 Å². The number of amides is 1. The molecule has 1 aliphatic rings. The number of carbonyl (C=O) groups is 1. The monoisotopic (exact) mass is 450 g/mol. The van der Waals surface area contributed by atoms with E-state index in [1.807, 2.05) is 66.9 Å². The number of carbonyl (C=O) groups excluding carboxylic acids is 1. The van der Waals surface area contributed by atoms with Crippen molar-refractivity contribution in [3.8, 4) is 11.1 Å². The Hall–Kier alpha value is -3.73. The maximum Gasteiger partial charge on any atom is 0.228 e. The van der Waals surface area contributed by atoms with Crippen molar-refractivity contribution in [1.29, 1.82) is 0 Å². The average Bonchev–Trinajstić information content (AvgIpc) is 2.84. The minimum atomic E-state index is -0.0199. The van der Waals surface area contributed by atoms with Gasteiger partial charge in [-0.05, 0) is 59.2 Å². The predicted octanol–water partition coefficient (Wildman–Crippen LogP) is 6.10. The topological polar surface area (TPSA) is 58.1 Å². The molecule has 1 amide bonds. The maximum absolute atomic E-state index is 12.4. The first-order chi connectivity index (χ1) is 16.4. The Kier molecular flexibility index (Phi) is 6.01. The highest BCUT2D eigenvalue weighted by molar-refractivity contribution is 5.92. The summed E-state index contributed by atoms with van der Waals surface area (Å²) in [6.07, 6.45) is 4.60. The summed E-state index contributed by atoms with van der Waals surface area (Å²) in [6.45, 7) is 6.71. The number of anilines is 2. The zero-order chi connectivity index (χ0) is 23.5. The highest BCUT2D eigenvalue weighted by Crippen LogP contribution is 2.32. The van der Waals surface area contributed by atoms with E-state index in [1.54, 1.807) is 0 Å². The van der Waals surface area contributed by atoms with Crippen molar-refractivity contribution in [1.82, 2.24) is 9.97 Å². The van der Waals surface area contributed by atoms with E-state index >= 15 is 0 Å². The Bertz CT molecular complexity index is 1290. The molecule has 0 unspecified atom stereocenters. The van der Waals surface area contributed by atoms with E-state index in [1.165, 1.54) is 12.8 Å². The van der Waals surface area contributed by atoms with E-state index in [2.05, 4.69) is 41.2 Å². The van der Waals surface area contributed by atoms with E-state index in [-0.39, 0.29) is 5.91 Å². The molecule has 2 heterocycles. The maximum atomic E-state index is 12.4. The third kappa shape index (κ3) is 5.09. The van der Waals surface area contributed by atoms with E-state index in [9.17, 15) is 4.79 Å². The summed E-state index contributed by atoms with van der Waals surface area (Å²) < 4.78 is 0. The smallest absolute Gasteiger partial charge is 0.228 e. The van der Waals surface area contributed by atoms with Crippen LogP contribution in [0.25, 0.3) is 22.2 Å². The number of aromatic nitrogens is 2. The summed E-state index contributed by atoms with van der Waals surface area (Å²) in [5.41, 5.74) is 6.16. The molecule has 4 aromatic rings. The van der Waals surface area contributed by atoms with Gasteiger partial charge in [-0.3, -0.25) is 9.78 Å². The van der Waals surface area contributed by atoms with Gasteiger partial charge in [0.25, 0.3) is 0 Å². The number of nitrogens with zero attached hydrogens (tertiary/aromatic N) is 3. The largest absolute Gasteiger partial charge is 0.355 e. The molecule has 0 atom stereocenters. The van der Waals surface area contributed by atoms with Crippen LogP contribution in [0.2, 0.25) is 0 Å². The van der Waals surface area contributed by atoms with E-state index in [0.29, 0.717) is 11.8 Å². The number of nitrogens with one attached hydrogen (secondary N) is 1. The van der Waals surface area contributed by atoms with Gasteiger partial charge in [-0.2, -0.15) is 0 Å². The molecule has 34 heavy (non-hydrogen) atoms. The molecule has 0 radical (unpaired) electrons. The van der Waals surface area contributed by atoms with Crippen molar-refractivity contribution < 1.29 is 4.79 Å². The molecule has 3 aromatic carbocycles. The van der Waals surface area contributed by atoms with Crippen LogP contribution in [0.3, 0.4) is 0 Å². The minimum absolute atomic E-state index is 0.0199. The first kappa shape index (κ1) is 22.1. The van der Waals surface area contributed by atoms with Crippen LogP contribution in [0.1, 0.15) is 32.3 Å². The lowest BCUT2D eigenvalue weighted by Crippen LogP contribution is -2.37. The molecule has 5 nitrogen and oxygen atoms in total. The zero-order valence-electron chi connectivity index (χ0n) is 19.8. The fraction of sp³-hybridized carbons (Fsp3) is 0.276. The lowest BCUT2D eigenvalue weighted by Gasteiger charge is -2.37. The molecule has 1 N–H and O–H groups in total. The summed E-state index contributed by atoms with van der Waals surface area (Å²) in [5, 5.41) is 2.98. The quantitative estimate of drug-likeness (QED) is 0.399. The molecule has 0 bridgehead atoms. The summed E-state index contributed by atoms with van der Waals surface area (Å²) >= 11 is 0. The van der Waals surface area contributed by atoms with E-state index in [4.69, 9.17) is 4.98 Å². The first-order valence-electron chi connectivity index (χ1n) is 11.9. The second-order valence-corrected chi connectivity index (χ2v) is 9.87. The second kappa shape index (κ2) is 9.26. The van der Waals surface area contributed by atoms with Crippen molar-refractivity contribution in [2.45, 2.75) is 33.1 Å². The summed E-state index contributed by atoms with van der Waals surface area (Å²) in [5.74, 6) is 0.935. The normalized spacial score (nSPS) is 15.3. The number of benzene rings is 3. The summed E-state index contributed by atoms with van der Waals surface area (Å²) in [4.78, 5) is 24.3. The molecule has 5 rings (SSSR count). The van der Waals surface area contributed by atoms with Crippen molar-refractivity contribution in [3.63, 3.8) is 0 Å². The Morgan fingerprint density at radius 3 is 2.35 bits per heavy atom. The van der Waals surface area contributed by atoms with Crippen molar-refractivity contribution in [3.05, 3.63) is 84.6 Å². The Balaban J connectivity index is 1.30. The fourth-order valence-electron chi connectivity index (χ4n) is 4.41. The van der Waals surface area contributed by atoms with Gasteiger partial charge in [0.15, 0.2) is 0 Å².